The summed E-state index contributed by atoms with van der Waals surface area (Å²) in [5.74, 6) is -0.668. The van der Waals surface area contributed by atoms with Crippen molar-refractivity contribution in [3.63, 3.8) is 0 Å². The van der Waals surface area contributed by atoms with Crippen molar-refractivity contribution in [3.05, 3.63) is 107 Å². The summed E-state index contributed by atoms with van der Waals surface area (Å²) < 4.78 is 5.74. The molecule has 0 aliphatic carbocycles. The number of ether oxygens (including phenoxy) is 1. The minimum absolute atomic E-state index is 0.141. The number of anilines is 1. The number of carbonyl (C=O) groups excluding carboxylic acids is 2. The summed E-state index contributed by atoms with van der Waals surface area (Å²) in [6.07, 6.45) is 1.60. The number of carbonyl (C=O) groups is 2. The van der Waals surface area contributed by atoms with Crippen molar-refractivity contribution in [1.82, 2.24) is 0 Å². The quantitative estimate of drug-likeness (QED) is 0.471. The molecule has 1 aliphatic heterocycles. The molecule has 0 bridgehead atoms. The van der Waals surface area contributed by atoms with Gasteiger partial charge in [-0.15, -0.1) is 0 Å². The van der Waals surface area contributed by atoms with Gasteiger partial charge in [-0.1, -0.05) is 73.7 Å². The van der Waals surface area contributed by atoms with Crippen LogP contribution in [0.25, 0.3) is 0 Å². The van der Waals surface area contributed by atoms with Crippen molar-refractivity contribution in [2.75, 3.05) is 11.5 Å². The first-order valence-electron chi connectivity index (χ1n) is 11.2. The number of aliphatic hydroxyl groups excluding tert-OH is 1. The predicted octanol–water partition coefficient (Wildman–Crippen LogP) is 5.58. The topological polar surface area (TPSA) is 66.8 Å². The molecule has 0 saturated heterocycles. The molecule has 3 aromatic carbocycles. The zero-order valence-electron chi connectivity index (χ0n) is 18.6. The van der Waals surface area contributed by atoms with Crippen LogP contribution in [0.4, 0.5) is 5.69 Å². The van der Waals surface area contributed by atoms with Crippen molar-refractivity contribution in [1.29, 1.82) is 0 Å². The third kappa shape index (κ3) is 4.82. The number of rotatable bonds is 9. The lowest BCUT2D eigenvalue weighted by Crippen LogP contribution is -2.31. The molecule has 0 radical (unpaired) electrons. The van der Waals surface area contributed by atoms with Crippen LogP contribution in [0, 0.1) is 0 Å². The van der Waals surface area contributed by atoms with E-state index in [9.17, 15) is 14.7 Å². The molecule has 1 unspecified atom stereocenters. The van der Waals surface area contributed by atoms with Crippen LogP contribution in [0.2, 0.25) is 0 Å². The molecule has 0 fully saturated rings. The van der Waals surface area contributed by atoms with Crippen LogP contribution in [0.5, 0.6) is 5.75 Å². The number of aliphatic hydroxyl groups is 1. The molecule has 3 aromatic rings. The zero-order valence-corrected chi connectivity index (χ0v) is 18.6. The lowest BCUT2D eigenvalue weighted by molar-refractivity contribution is -0.118. The first kappa shape index (κ1) is 22.3. The van der Waals surface area contributed by atoms with Crippen LogP contribution in [-0.2, 0) is 16.0 Å². The highest BCUT2D eigenvalue weighted by molar-refractivity contribution is 6.16. The number of Topliss-reactive ketones (excluding diaryl/α,β-unsaturated/α-hetero) is 1. The van der Waals surface area contributed by atoms with E-state index in [1.54, 1.807) is 12.1 Å². The summed E-state index contributed by atoms with van der Waals surface area (Å²) in [6, 6.07) is 25.5. The second-order valence-corrected chi connectivity index (χ2v) is 8.01. The van der Waals surface area contributed by atoms with Crippen molar-refractivity contribution in [2.24, 2.45) is 0 Å². The highest BCUT2D eigenvalue weighted by Gasteiger charge is 2.44. The minimum Gasteiger partial charge on any atom is -0.503 e. The van der Waals surface area contributed by atoms with Gasteiger partial charge in [0.25, 0.3) is 5.91 Å². The van der Waals surface area contributed by atoms with Gasteiger partial charge in [0.2, 0.25) is 0 Å². The maximum atomic E-state index is 13.3. The molecule has 0 saturated carbocycles. The molecule has 1 atom stereocenters. The molecule has 1 heterocycles. The summed E-state index contributed by atoms with van der Waals surface area (Å²) in [4.78, 5) is 28.0. The minimum atomic E-state index is -0.705. The summed E-state index contributed by atoms with van der Waals surface area (Å²) in [6.45, 7) is 2.58. The largest absolute Gasteiger partial charge is 0.503 e. The van der Waals surface area contributed by atoms with E-state index in [0.29, 0.717) is 24.5 Å². The SMILES string of the molecule is CCCOc1cccc(N2C(=O)C(O)=C(C(=O)CCc3ccccc3)C2c2ccccc2)c1. The van der Waals surface area contributed by atoms with Gasteiger partial charge in [0.1, 0.15) is 5.75 Å². The van der Waals surface area contributed by atoms with Crippen LogP contribution in [0.15, 0.2) is 96.3 Å². The van der Waals surface area contributed by atoms with Crippen LogP contribution < -0.4 is 9.64 Å². The van der Waals surface area contributed by atoms with Gasteiger partial charge in [0, 0.05) is 18.2 Å². The lowest BCUT2D eigenvalue weighted by Gasteiger charge is -2.27. The number of nitrogens with zero attached hydrogens (tertiary/aromatic N) is 1. The van der Waals surface area contributed by atoms with Gasteiger partial charge in [-0.05, 0) is 36.1 Å². The van der Waals surface area contributed by atoms with Crippen molar-refractivity contribution < 1.29 is 19.4 Å². The maximum absolute atomic E-state index is 13.3. The van der Waals surface area contributed by atoms with Gasteiger partial charge >= 0.3 is 0 Å². The second kappa shape index (κ2) is 10.2. The van der Waals surface area contributed by atoms with E-state index in [-0.39, 0.29) is 17.8 Å². The number of benzene rings is 3. The Balaban J connectivity index is 1.69. The van der Waals surface area contributed by atoms with Crippen molar-refractivity contribution >= 4 is 17.4 Å². The lowest BCUT2D eigenvalue weighted by atomic mass is 9.93. The molecule has 0 aromatic heterocycles. The van der Waals surface area contributed by atoms with E-state index in [4.69, 9.17) is 4.74 Å². The highest BCUT2D eigenvalue weighted by Crippen LogP contribution is 2.42. The number of aryl methyl sites for hydroxylation is 1. The third-order valence-corrected chi connectivity index (χ3v) is 5.68. The Kier molecular flexibility index (Phi) is 6.89. The van der Waals surface area contributed by atoms with E-state index >= 15 is 0 Å². The van der Waals surface area contributed by atoms with E-state index in [1.165, 1.54) is 4.90 Å². The summed E-state index contributed by atoms with van der Waals surface area (Å²) in [5, 5.41) is 10.8. The van der Waals surface area contributed by atoms with Gasteiger partial charge in [-0.3, -0.25) is 14.5 Å². The maximum Gasteiger partial charge on any atom is 0.294 e. The van der Waals surface area contributed by atoms with E-state index in [1.807, 2.05) is 79.7 Å². The predicted molar refractivity (Wildman–Crippen MR) is 128 cm³/mol. The van der Waals surface area contributed by atoms with Crippen LogP contribution in [-0.4, -0.2) is 23.4 Å². The van der Waals surface area contributed by atoms with Gasteiger partial charge in [0.05, 0.1) is 18.2 Å². The monoisotopic (exact) mass is 441 g/mol. The molecule has 4 rings (SSSR count). The van der Waals surface area contributed by atoms with Gasteiger partial charge < -0.3 is 9.84 Å². The Morgan fingerprint density at radius 3 is 2.36 bits per heavy atom. The summed E-state index contributed by atoms with van der Waals surface area (Å²) >= 11 is 0. The fraction of sp³-hybridized carbons (Fsp3) is 0.214. The average Bonchev–Trinajstić information content (AvgIpc) is 3.13. The number of hydrogen-bond acceptors (Lipinski definition) is 4. The highest BCUT2D eigenvalue weighted by atomic mass is 16.5. The molecule has 5 heteroatoms. The molecule has 1 N–H and O–H groups in total. The van der Waals surface area contributed by atoms with Crippen molar-refractivity contribution in [3.8, 4) is 5.75 Å². The second-order valence-electron chi connectivity index (χ2n) is 8.01. The normalized spacial score (nSPS) is 15.7. The molecule has 33 heavy (non-hydrogen) atoms. The summed E-state index contributed by atoms with van der Waals surface area (Å²) in [5.41, 5.74) is 2.50. The number of hydrogen-bond donors (Lipinski definition) is 1. The molecular formula is C28H27NO4. The van der Waals surface area contributed by atoms with E-state index < -0.39 is 17.7 Å². The average molecular weight is 442 g/mol. The Labute approximate surface area is 193 Å². The Morgan fingerprint density at radius 1 is 0.970 bits per heavy atom. The first-order valence-corrected chi connectivity index (χ1v) is 11.2. The zero-order chi connectivity index (χ0) is 23.2. The molecular weight excluding hydrogens is 414 g/mol. The molecule has 5 nitrogen and oxygen atoms in total. The Bertz CT molecular complexity index is 1150. The molecule has 168 valence electrons. The number of amides is 1. The Morgan fingerprint density at radius 2 is 1.67 bits per heavy atom. The van der Waals surface area contributed by atoms with E-state index in [0.717, 1.165) is 17.5 Å². The van der Waals surface area contributed by atoms with Crippen LogP contribution in [0.1, 0.15) is 36.9 Å². The first-order chi connectivity index (χ1) is 16.1. The molecule has 1 aliphatic rings. The van der Waals surface area contributed by atoms with Crippen LogP contribution >= 0.6 is 0 Å². The standard InChI is InChI=1S/C28H27NO4/c1-2-18-33-23-15-9-14-22(19-23)29-26(21-12-7-4-8-13-21)25(27(31)28(29)32)24(30)17-16-20-10-5-3-6-11-20/h3-15,19,26,31H,2,16-18H2,1H3. The Hall–Kier alpha value is -3.86. The smallest absolute Gasteiger partial charge is 0.294 e. The number of ketones is 1. The van der Waals surface area contributed by atoms with E-state index in [2.05, 4.69) is 0 Å². The fourth-order valence-electron chi connectivity index (χ4n) is 4.09. The molecule has 1 amide bonds. The van der Waals surface area contributed by atoms with Gasteiger partial charge in [0.15, 0.2) is 11.5 Å². The summed E-state index contributed by atoms with van der Waals surface area (Å²) in [7, 11) is 0. The van der Waals surface area contributed by atoms with Gasteiger partial charge in [-0.2, -0.15) is 0 Å². The van der Waals surface area contributed by atoms with Crippen LogP contribution in [0.3, 0.4) is 0 Å². The third-order valence-electron chi connectivity index (χ3n) is 5.68. The fourth-order valence-corrected chi connectivity index (χ4v) is 4.09. The van der Waals surface area contributed by atoms with Gasteiger partial charge in [-0.25, -0.2) is 0 Å². The molecule has 0 spiro atoms. The van der Waals surface area contributed by atoms with Crippen molar-refractivity contribution in [2.45, 2.75) is 32.2 Å².